The van der Waals surface area contributed by atoms with Gasteiger partial charge in [-0.2, -0.15) is 0 Å². The van der Waals surface area contributed by atoms with Crippen LogP contribution in [0.4, 0.5) is 0 Å². The molecule has 3 N–H and O–H groups in total. The molecule has 1 aliphatic carbocycles. The van der Waals surface area contributed by atoms with Crippen molar-refractivity contribution in [3.63, 3.8) is 0 Å². The molecule has 2 aromatic carbocycles. The molecule has 3 heterocycles. The highest BCUT2D eigenvalue weighted by atomic mass is 16.5. The van der Waals surface area contributed by atoms with E-state index in [1.54, 1.807) is 13.2 Å². The maximum Gasteiger partial charge on any atom is 0.235 e. The Kier molecular flexibility index (Phi) is 5.23. The van der Waals surface area contributed by atoms with E-state index in [1.165, 1.54) is 11.8 Å². The number of ether oxygens (including phenoxy) is 2. The first-order valence-electron chi connectivity index (χ1n) is 12.0. The fraction of sp³-hybridized carbons (Fsp3) is 0.370. The Morgan fingerprint density at radius 1 is 1.14 bits per heavy atom. The molecule has 0 bridgehead atoms. The molecule has 35 heavy (non-hydrogen) atoms. The Morgan fingerprint density at radius 2 is 1.97 bits per heavy atom. The van der Waals surface area contributed by atoms with E-state index in [9.17, 15) is 20.1 Å². The zero-order valence-corrected chi connectivity index (χ0v) is 19.5. The molecule has 0 spiro atoms. The van der Waals surface area contributed by atoms with Crippen molar-refractivity contribution in [2.24, 2.45) is 0 Å². The molecule has 2 aliphatic heterocycles. The highest BCUT2D eigenvalue weighted by molar-refractivity contribution is 6.17. The van der Waals surface area contributed by atoms with Crippen molar-refractivity contribution < 1.29 is 29.6 Å². The molecule has 1 atom stereocenters. The van der Waals surface area contributed by atoms with E-state index in [0.717, 1.165) is 67.2 Å². The SMILES string of the molecule is COc1ccc2c(c1)c(/C=C1\Oc3cc(O)cc(O)c3C1=O)c(C1CC1)n2CCN1CCC(O)C1. The van der Waals surface area contributed by atoms with Crippen molar-refractivity contribution in [3.8, 4) is 23.0 Å². The Bertz CT molecular complexity index is 1370. The first-order chi connectivity index (χ1) is 16.9. The second-order valence-electron chi connectivity index (χ2n) is 9.63. The maximum atomic E-state index is 13.1. The van der Waals surface area contributed by atoms with Gasteiger partial charge >= 0.3 is 0 Å². The Labute approximate surface area is 202 Å². The van der Waals surface area contributed by atoms with Crippen molar-refractivity contribution in [1.29, 1.82) is 0 Å². The third-order valence-electron chi connectivity index (χ3n) is 7.22. The zero-order chi connectivity index (χ0) is 24.3. The lowest BCUT2D eigenvalue weighted by molar-refractivity contribution is 0.101. The van der Waals surface area contributed by atoms with Gasteiger partial charge in [0.05, 0.1) is 13.2 Å². The minimum atomic E-state index is -0.408. The minimum Gasteiger partial charge on any atom is -0.508 e. The number of phenolic OH excluding ortho intramolecular Hbond substituents is 2. The quantitative estimate of drug-likeness (QED) is 0.467. The number of likely N-dealkylation sites (tertiary alicyclic amines) is 1. The molecular formula is C27H28N2O6. The molecule has 8 nitrogen and oxygen atoms in total. The summed E-state index contributed by atoms with van der Waals surface area (Å²) >= 11 is 0. The average Bonchev–Trinajstić information content (AvgIpc) is 3.41. The van der Waals surface area contributed by atoms with Crippen LogP contribution in [0, 0.1) is 0 Å². The average molecular weight is 477 g/mol. The van der Waals surface area contributed by atoms with Gasteiger partial charge in [-0.1, -0.05) is 0 Å². The third-order valence-corrected chi connectivity index (χ3v) is 7.22. The molecule has 1 saturated carbocycles. The Hall–Kier alpha value is -3.49. The molecule has 3 aliphatic rings. The van der Waals surface area contributed by atoms with Gasteiger partial charge in [-0.3, -0.25) is 9.69 Å². The number of hydrogen-bond acceptors (Lipinski definition) is 7. The fourth-order valence-corrected chi connectivity index (χ4v) is 5.36. The summed E-state index contributed by atoms with van der Waals surface area (Å²) in [7, 11) is 1.63. The molecule has 182 valence electrons. The number of carbonyl (C=O) groups excluding carboxylic acids is 1. The number of aliphatic hydroxyl groups excluding tert-OH is 1. The number of nitrogens with zero attached hydrogens (tertiary/aromatic N) is 2. The summed E-state index contributed by atoms with van der Waals surface area (Å²) in [4.78, 5) is 15.4. The molecule has 0 radical (unpaired) electrons. The topological polar surface area (TPSA) is 104 Å². The van der Waals surface area contributed by atoms with E-state index < -0.39 is 5.78 Å². The van der Waals surface area contributed by atoms with Crippen molar-refractivity contribution in [3.05, 3.63) is 52.9 Å². The second-order valence-corrected chi connectivity index (χ2v) is 9.63. The number of phenols is 2. The maximum absolute atomic E-state index is 13.1. The van der Waals surface area contributed by atoms with Crippen LogP contribution >= 0.6 is 0 Å². The molecule has 1 aromatic heterocycles. The van der Waals surface area contributed by atoms with E-state index in [0.29, 0.717) is 12.5 Å². The summed E-state index contributed by atoms with van der Waals surface area (Å²) in [6, 6.07) is 8.47. The van der Waals surface area contributed by atoms with E-state index in [-0.39, 0.29) is 34.7 Å². The van der Waals surface area contributed by atoms with Crippen LogP contribution in [-0.4, -0.2) is 63.4 Å². The normalized spacial score (nSPS) is 21.1. The molecule has 0 amide bonds. The van der Waals surface area contributed by atoms with Gasteiger partial charge in [0.25, 0.3) is 0 Å². The van der Waals surface area contributed by atoms with Gasteiger partial charge in [0, 0.05) is 60.5 Å². The number of methoxy groups -OCH3 is 1. The molecule has 6 rings (SSSR count). The van der Waals surface area contributed by atoms with Crippen LogP contribution in [0.25, 0.3) is 17.0 Å². The van der Waals surface area contributed by atoms with Gasteiger partial charge in [0.2, 0.25) is 5.78 Å². The number of ketones is 1. The van der Waals surface area contributed by atoms with Crippen molar-refractivity contribution >= 4 is 22.8 Å². The van der Waals surface area contributed by atoms with E-state index in [4.69, 9.17) is 9.47 Å². The predicted octanol–water partition coefficient (Wildman–Crippen LogP) is 3.62. The number of allylic oxidation sites excluding steroid dienone is 1. The van der Waals surface area contributed by atoms with Crippen molar-refractivity contribution in [1.82, 2.24) is 9.47 Å². The summed E-state index contributed by atoms with van der Waals surface area (Å²) in [5, 5.41) is 31.0. The monoisotopic (exact) mass is 476 g/mol. The second kappa shape index (κ2) is 8.32. The van der Waals surface area contributed by atoms with Crippen LogP contribution < -0.4 is 9.47 Å². The van der Waals surface area contributed by atoms with Gasteiger partial charge in [0.15, 0.2) is 5.76 Å². The summed E-state index contributed by atoms with van der Waals surface area (Å²) in [5.41, 5.74) is 3.21. The van der Waals surface area contributed by atoms with Crippen LogP contribution in [0.3, 0.4) is 0 Å². The number of aliphatic hydroxyl groups is 1. The van der Waals surface area contributed by atoms with Crippen LogP contribution in [0.1, 0.15) is 46.8 Å². The number of rotatable bonds is 6. The van der Waals surface area contributed by atoms with Crippen LogP contribution in [0.5, 0.6) is 23.0 Å². The van der Waals surface area contributed by atoms with E-state index in [1.807, 2.05) is 12.1 Å². The first kappa shape index (κ1) is 22.0. The van der Waals surface area contributed by atoms with E-state index in [2.05, 4.69) is 15.5 Å². The standard InChI is InChI=1S/C27H28N2O6/c1-34-18-4-5-21-19(12-18)20(13-24-27(33)25-22(32)10-17(31)11-23(25)35-24)26(15-2-3-15)29(21)9-8-28-7-6-16(30)14-28/h4-5,10-13,15-16,30-32H,2-3,6-9,14H2,1H3/b24-13-. The predicted molar refractivity (Wildman–Crippen MR) is 130 cm³/mol. The van der Waals surface area contributed by atoms with Gasteiger partial charge < -0.3 is 29.4 Å². The number of β-amino-alcohol motifs (C(OH)–C–C–N with tert-alkyl or cyclic N) is 1. The molecule has 3 aromatic rings. The fourth-order valence-electron chi connectivity index (χ4n) is 5.36. The summed E-state index contributed by atoms with van der Waals surface area (Å²) in [6.07, 6.45) is 4.47. The van der Waals surface area contributed by atoms with Crippen molar-refractivity contribution in [2.45, 2.75) is 37.8 Å². The third kappa shape index (κ3) is 3.83. The summed E-state index contributed by atoms with van der Waals surface area (Å²) < 4.78 is 13.7. The van der Waals surface area contributed by atoms with Crippen molar-refractivity contribution in [2.75, 3.05) is 26.7 Å². The van der Waals surface area contributed by atoms with Gasteiger partial charge in [-0.25, -0.2) is 0 Å². The molecule has 1 saturated heterocycles. The largest absolute Gasteiger partial charge is 0.508 e. The molecule has 8 heteroatoms. The van der Waals surface area contributed by atoms with E-state index >= 15 is 0 Å². The number of carbonyl (C=O) groups is 1. The summed E-state index contributed by atoms with van der Waals surface area (Å²) in [5.74, 6) is 0.515. The lowest BCUT2D eigenvalue weighted by Gasteiger charge is -2.18. The highest BCUT2D eigenvalue weighted by Gasteiger charge is 2.35. The zero-order valence-electron chi connectivity index (χ0n) is 19.5. The lowest BCUT2D eigenvalue weighted by Crippen LogP contribution is -2.26. The first-order valence-corrected chi connectivity index (χ1v) is 12.0. The number of Topliss-reactive ketones (excluding diaryl/α,β-unsaturated/α-hetero) is 1. The highest BCUT2D eigenvalue weighted by Crippen LogP contribution is 2.47. The van der Waals surface area contributed by atoms with Crippen LogP contribution in [-0.2, 0) is 6.54 Å². The molecule has 1 unspecified atom stereocenters. The van der Waals surface area contributed by atoms with Gasteiger partial charge in [0.1, 0.15) is 28.6 Å². The number of benzene rings is 2. The van der Waals surface area contributed by atoms with Crippen LogP contribution in [0.2, 0.25) is 0 Å². The Morgan fingerprint density at radius 3 is 2.69 bits per heavy atom. The minimum absolute atomic E-state index is 0.0657. The molecular weight excluding hydrogens is 448 g/mol. The number of fused-ring (bicyclic) bond motifs is 2. The lowest BCUT2D eigenvalue weighted by atomic mass is 10.0. The number of hydrogen-bond donors (Lipinski definition) is 3. The van der Waals surface area contributed by atoms with Gasteiger partial charge in [-0.15, -0.1) is 0 Å². The number of aromatic nitrogens is 1. The number of aromatic hydroxyl groups is 2. The summed E-state index contributed by atoms with van der Waals surface area (Å²) in [6.45, 7) is 3.19. The van der Waals surface area contributed by atoms with Crippen LogP contribution in [0.15, 0.2) is 36.1 Å². The Balaban J connectivity index is 1.46. The smallest absolute Gasteiger partial charge is 0.235 e. The van der Waals surface area contributed by atoms with Gasteiger partial charge in [-0.05, 0) is 49.5 Å². The molecule has 2 fully saturated rings.